The van der Waals surface area contributed by atoms with E-state index in [2.05, 4.69) is 5.32 Å². The first-order valence-corrected chi connectivity index (χ1v) is 6.94. The summed E-state index contributed by atoms with van der Waals surface area (Å²) in [4.78, 5) is 12.1. The number of nitrogens with one attached hydrogen (secondary N) is 1. The number of amides is 1. The third-order valence-corrected chi connectivity index (χ3v) is 3.97. The molecule has 19 heavy (non-hydrogen) atoms. The predicted octanol–water partition coefficient (Wildman–Crippen LogP) is 3.11. The maximum absolute atomic E-state index is 13.0. The molecular formula is C15H21FN2O. The minimum absolute atomic E-state index is 0.136. The number of hydrogen-bond donors (Lipinski definition) is 2. The maximum atomic E-state index is 13.0. The first-order chi connectivity index (χ1) is 9.08. The van der Waals surface area contributed by atoms with Gasteiger partial charge in [-0.3, -0.25) is 4.79 Å². The molecule has 1 aliphatic rings. The van der Waals surface area contributed by atoms with E-state index < -0.39 is 5.82 Å². The number of nitrogen functional groups attached to an aromatic ring is 1. The molecule has 1 amide bonds. The Morgan fingerprint density at radius 3 is 2.68 bits per heavy atom. The third-order valence-electron chi connectivity index (χ3n) is 3.97. The van der Waals surface area contributed by atoms with Crippen molar-refractivity contribution in [2.24, 2.45) is 5.92 Å². The summed E-state index contributed by atoms with van der Waals surface area (Å²) in [5.41, 5.74) is 6.21. The highest BCUT2D eigenvalue weighted by molar-refractivity contribution is 5.99. The minimum Gasteiger partial charge on any atom is -0.398 e. The van der Waals surface area contributed by atoms with Gasteiger partial charge in [0.1, 0.15) is 5.82 Å². The Hall–Kier alpha value is -1.58. The van der Waals surface area contributed by atoms with Gasteiger partial charge in [-0.05, 0) is 43.9 Å². The number of nitrogens with two attached hydrogens (primary N) is 1. The second-order valence-electron chi connectivity index (χ2n) is 5.39. The number of benzene rings is 1. The van der Waals surface area contributed by atoms with Gasteiger partial charge in [0.05, 0.1) is 5.56 Å². The number of anilines is 1. The summed E-state index contributed by atoms with van der Waals surface area (Å²) < 4.78 is 13.0. The zero-order chi connectivity index (χ0) is 13.8. The molecule has 0 aromatic heterocycles. The van der Waals surface area contributed by atoms with Gasteiger partial charge in [-0.15, -0.1) is 0 Å². The van der Waals surface area contributed by atoms with Crippen molar-refractivity contribution in [3.8, 4) is 0 Å². The van der Waals surface area contributed by atoms with E-state index in [0.29, 0.717) is 11.5 Å². The number of hydrogen-bond acceptors (Lipinski definition) is 2. The molecule has 0 heterocycles. The number of rotatable bonds is 3. The average molecular weight is 264 g/mol. The van der Waals surface area contributed by atoms with Gasteiger partial charge in [-0.2, -0.15) is 0 Å². The van der Waals surface area contributed by atoms with Crippen LogP contribution in [0.15, 0.2) is 18.2 Å². The van der Waals surface area contributed by atoms with Crippen LogP contribution in [0.5, 0.6) is 0 Å². The molecular weight excluding hydrogens is 243 g/mol. The van der Waals surface area contributed by atoms with Gasteiger partial charge in [-0.25, -0.2) is 4.39 Å². The SMILES string of the molecule is C[C@H](NC(=O)c1ccc(F)cc1N)C1CCCCC1. The van der Waals surface area contributed by atoms with Gasteiger partial charge in [0.25, 0.3) is 5.91 Å². The molecule has 0 radical (unpaired) electrons. The van der Waals surface area contributed by atoms with Gasteiger partial charge in [0.15, 0.2) is 0 Å². The fourth-order valence-electron chi connectivity index (χ4n) is 2.78. The summed E-state index contributed by atoms with van der Waals surface area (Å²) >= 11 is 0. The van der Waals surface area contributed by atoms with Crippen LogP contribution in [0.1, 0.15) is 49.4 Å². The fraction of sp³-hybridized carbons (Fsp3) is 0.533. The fourth-order valence-corrected chi connectivity index (χ4v) is 2.78. The highest BCUT2D eigenvalue weighted by Gasteiger charge is 2.22. The molecule has 4 heteroatoms. The second-order valence-corrected chi connectivity index (χ2v) is 5.39. The molecule has 0 saturated heterocycles. The molecule has 0 bridgehead atoms. The van der Waals surface area contributed by atoms with Gasteiger partial charge in [0.2, 0.25) is 0 Å². The zero-order valence-corrected chi connectivity index (χ0v) is 11.3. The van der Waals surface area contributed by atoms with Crippen molar-refractivity contribution in [1.29, 1.82) is 0 Å². The smallest absolute Gasteiger partial charge is 0.253 e. The molecule has 104 valence electrons. The minimum atomic E-state index is -0.422. The third kappa shape index (κ3) is 3.46. The lowest BCUT2D eigenvalue weighted by Crippen LogP contribution is -2.39. The Labute approximate surface area is 113 Å². The van der Waals surface area contributed by atoms with Crippen LogP contribution < -0.4 is 11.1 Å². The van der Waals surface area contributed by atoms with Crippen LogP contribution in [0.3, 0.4) is 0 Å². The Morgan fingerprint density at radius 1 is 1.37 bits per heavy atom. The standard InChI is InChI=1S/C15H21FN2O/c1-10(11-5-3-2-4-6-11)18-15(19)13-8-7-12(16)9-14(13)17/h7-11H,2-6,17H2,1H3,(H,18,19)/t10-/m0/s1. The molecule has 1 aromatic rings. The number of carbonyl (C=O) groups is 1. The summed E-state index contributed by atoms with van der Waals surface area (Å²) in [6, 6.07) is 4.02. The highest BCUT2D eigenvalue weighted by Crippen LogP contribution is 2.26. The van der Waals surface area contributed by atoms with Gasteiger partial charge >= 0.3 is 0 Å². The van der Waals surface area contributed by atoms with Crippen molar-refractivity contribution in [2.75, 3.05) is 5.73 Å². The molecule has 1 fully saturated rings. The molecule has 3 N–H and O–H groups in total. The van der Waals surface area contributed by atoms with Crippen LogP contribution in [0.4, 0.5) is 10.1 Å². The van der Waals surface area contributed by atoms with Crippen molar-refractivity contribution in [1.82, 2.24) is 5.32 Å². The van der Waals surface area contributed by atoms with Gasteiger partial charge < -0.3 is 11.1 Å². The predicted molar refractivity (Wildman–Crippen MR) is 74.3 cm³/mol. The van der Waals surface area contributed by atoms with Crippen LogP contribution in [0.2, 0.25) is 0 Å². The first-order valence-electron chi connectivity index (χ1n) is 6.94. The van der Waals surface area contributed by atoms with E-state index in [-0.39, 0.29) is 17.6 Å². The largest absolute Gasteiger partial charge is 0.398 e. The molecule has 2 rings (SSSR count). The van der Waals surface area contributed by atoms with Crippen molar-refractivity contribution < 1.29 is 9.18 Å². The topological polar surface area (TPSA) is 55.1 Å². The van der Waals surface area contributed by atoms with Crippen LogP contribution in [0, 0.1) is 11.7 Å². The quantitative estimate of drug-likeness (QED) is 0.824. The van der Waals surface area contributed by atoms with E-state index >= 15 is 0 Å². The summed E-state index contributed by atoms with van der Waals surface area (Å²) in [5, 5.41) is 2.98. The Morgan fingerprint density at radius 2 is 2.05 bits per heavy atom. The molecule has 0 unspecified atom stereocenters. The highest BCUT2D eigenvalue weighted by atomic mass is 19.1. The number of carbonyl (C=O) groups excluding carboxylic acids is 1. The Bertz CT molecular complexity index is 455. The molecule has 1 aliphatic carbocycles. The first kappa shape index (κ1) is 13.8. The molecule has 0 spiro atoms. The van der Waals surface area contributed by atoms with E-state index in [0.717, 1.165) is 0 Å². The Kier molecular flexibility index (Phi) is 4.40. The monoisotopic (exact) mass is 264 g/mol. The summed E-state index contributed by atoms with van der Waals surface area (Å²) in [5.74, 6) is -0.0932. The maximum Gasteiger partial charge on any atom is 0.253 e. The van der Waals surface area contributed by atoms with Gasteiger partial charge in [-0.1, -0.05) is 19.3 Å². The molecule has 0 aliphatic heterocycles. The van der Waals surface area contributed by atoms with Crippen LogP contribution >= 0.6 is 0 Å². The average Bonchev–Trinajstić information content (AvgIpc) is 2.39. The summed E-state index contributed by atoms with van der Waals surface area (Å²) in [6.07, 6.45) is 6.11. The normalized spacial score (nSPS) is 18.0. The van der Waals surface area contributed by atoms with E-state index in [1.54, 1.807) is 0 Å². The molecule has 1 atom stereocenters. The second kappa shape index (κ2) is 6.04. The zero-order valence-electron chi connectivity index (χ0n) is 11.3. The molecule has 1 aromatic carbocycles. The number of halogens is 1. The Balaban J connectivity index is 1.99. The van der Waals surface area contributed by atoms with E-state index in [9.17, 15) is 9.18 Å². The van der Waals surface area contributed by atoms with E-state index in [1.165, 1.54) is 50.3 Å². The van der Waals surface area contributed by atoms with Crippen LogP contribution in [-0.4, -0.2) is 11.9 Å². The lowest BCUT2D eigenvalue weighted by molar-refractivity contribution is 0.0920. The van der Waals surface area contributed by atoms with Crippen LogP contribution in [0.25, 0.3) is 0 Å². The van der Waals surface area contributed by atoms with Crippen molar-refractivity contribution in [2.45, 2.75) is 45.1 Å². The van der Waals surface area contributed by atoms with Crippen molar-refractivity contribution >= 4 is 11.6 Å². The van der Waals surface area contributed by atoms with Crippen molar-refractivity contribution in [3.63, 3.8) is 0 Å². The molecule has 1 saturated carbocycles. The summed E-state index contributed by atoms with van der Waals surface area (Å²) in [7, 11) is 0. The summed E-state index contributed by atoms with van der Waals surface area (Å²) in [6.45, 7) is 2.04. The lowest BCUT2D eigenvalue weighted by Gasteiger charge is -2.28. The molecule has 3 nitrogen and oxygen atoms in total. The van der Waals surface area contributed by atoms with Gasteiger partial charge in [0, 0.05) is 11.7 Å². The van der Waals surface area contributed by atoms with E-state index in [1.807, 2.05) is 6.92 Å². The van der Waals surface area contributed by atoms with Crippen molar-refractivity contribution in [3.05, 3.63) is 29.6 Å². The van der Waals surface area contributed by atoms with Crippen LogP contribution in [-0.2, 0) is 0 Å². The van der Waals surface area contributed by atoms with E-state index in [4.69, 9.17) is 5.73 Å². The lowest BCUT2D eigenvalue weighted by atomic mass is 9.84.